The average Bonchev–Trinajstić information content (AvgIpc) is 2.89. The van der Waals surface area contributed by atoms with Crippen molar-refractivity contribution < 1.29 is 8.42 Å². The summed E-state index contributed by atoms with van der Waals surface area (Å²) in [6, 6.07) is 5.27. The Balaban J connectivity index is 2.01. The summed E-state index contributed by atoms with van der Waals surface area (Å²) in [5.41, 5.74) is 0.797. The quantitative estimate of drug-likeness (QED) is 0.908. The first kappa shape index (κ1) is 14.3. The normalized spacial score (nSPS) is 27.5. The van der Waals surface area contributed by atoms with Gasteiger partial charge < -0.3 is 5.32 Å². The highest BCUT2D eigenvalue weighted by molar-refractivity contribution is 7.89. The molecule has 110 valence electrons. The van der Waals surface area contributed by atoms with E-state index >= 15 is 0 Å². The summed E-state index contributed by atoms with van der Waals surface area (Å²) >= 11 is 6.22. The first-order valence-electron chi connectivity index (χ1n) is 6.99. The van der Waals surface area contributed by atoms with E-state index in [2.05, 4.69) is 5.32 Å². The van der Waals surface area contributed by atoms with E-state index in [1.165, 1.54) is 0 Å². The van der Waals surface area contributed by atoms with E-state index < -0.39 is 10.0 Å². The molecule has 1 N–H and O–H groups in total. The van der Waals surface area contributed by atoms with Gasteiger partial charge in [0, 0.05) is 19.1 Å². The minimum atomic E-state index is -3.51. The van der Waals surface area contributed by atoms with E-state index in [1.807, 2.05) is 13.0 Å². The van der Waals surface area contributed by atoms with Crippen molar-refractivity contribution in [2.45, 2.75) is 30.7 Å². The van der Waals surface area contributed by atoms with Crippen LogP contribution in [0.1, 0.15) is 18.4 Å². The SMILES string of the molecule is Cc1cccc(S(=O)(=O)N2CCC[C@H]3CNC[C@H]32)c1Cl. The Hall–Kier alpha value is -0.620. The van der Waals surface area contributed by atoms with Crippen LogP contribution >= 0.6 is 11.6 Å². The largest absolute Gasteiger partial charge is 0.315 e. The van der Waals surface area contributed by atoms with Crippen LogP contribution in [0.2, 0.25) is 5.02 Å². The third kappa shape index (κ3) is 2.26. The van der Waals surface area contributed by atoms with E-state index in [1.54, 1.807) is 16.4 Å². The number of nitrogens with zero attached hydrogens (tertiary/aromatic N) is 1. The van der Waals surface area contributed by atoms with Gasteiger partial charge in [0.05, 0.1) is 5.02 Å². The third-order valence-corrected chi connectivity index (χ3v) is 6.95. The van der Waals surface area contributed by atoms with Crippen LogP contribution in [-0.2, 0) is 10.0 Å². The number of hydrogen-bond donors (Lipinski definition) is 1. The molecule has 3 rings (SSSR count). The van der Waals surface area contributed by atoms with Gasteiger partial charge in [-0.1, -0.05) is 23.7 Å². The summed E-state index contributed by atoms with van der Waals surface area (Å²) in [4.78, 5) is 0.242. The van der Waals surface area contributed by atoms with Crippen molar-refractivity contribution in [1.29, 1.82) is 0 Å². The molecule has 0 aromatic heterocycles. The first-order chi connectivity index (χ1) is 9.51. The second kappa shape index (κ2) is 5.30. The van der Waals surface area contributed by atoms with E-state index in [4.69, 9.17) is 11.6 Å². The van der Waals surface area contributed by atoms with Crippen molar-refractivity contribution in [3.8, 4) is 0 Å². The second-order valence-electron chi connectivity index (χ2n) is 5.63. The molecule has 2 saturated heterocycles. The Morgan fingerprint density at radius 2 is 2.15 bits per heavy atom. The van der Waals surface area contributed by atoms with Crippen LogP contribution in [0.5, 0.6) is 0 Å². The maximum atomic E-state index is 12.9. The summed E-state index contributed by atoms with van der Waals surface area (Å²) in [5.74, 6) is 0.433. The van der Waals surface area contributed by atoms with Crippen LogP contribution in [0.4, 0.5) is 0 Å². The molecule has 2 fully saturated rings. The Morgan fingerprint density at radius 1 is 1.35 bits per heavy atom. The maximum absolute atomic E-state index is 12.9. The molecule has 2 heterocycles. The molecule has 2 aliphatic heterocycles. The molecule has 0 amide bonds. The zero-order chi connectivity index (χ0) is 14.3. The smallest absolute Gasteiger partial charge is 0.244 e. The van der Waals surface area contributed by atoms with Gasteiger partial charge in [-0.3, -0.25) is 0 Å². The van der Waals surface area contributed by atoms with E-state index in [9.17, 15) is 8.42 Å². The highest BCUT2D eigenvalue weighted by atomic mass is 35.5. The lowest BCUT2D eigenvalue weighted by Crippen LogP contribution is -2.48. The van der Waals surface area contributed by atoms with Crippen LogP contribution in [0, 0.1) is 12.8 Å². The lowest BCUT2D eigenvalue weighted by Gasteiger charge is -2.36. The third-order valence-electron chi connectivity index (χ3n) is 4.37. The number of sulfonamides is 1. The van der Waals surface area contributed by atoms with Gasteiger partial charge in [-0.15, -0.1) is 0 Å². The average molecular weight is 315 g/mol. The maximum Gasteiger partial charge on any atom is 0.244 e. The predicted octanol–water partition coefficient (Wildman–Crippen LogP) is 2.02. The lowest BCUT2D eigenvalue weighted by molar-refractivity contribution is 0.217. The van der Waals surface area contributed by atoms with Gasteiger partial charge in [0.1, 0.15) is 4.90 Å². The van der Waals surface area contributed by atoms with Crippen LogP contribution in [0.15, 0.2) is 23.1 Å². The minimum absolute atomic E-state index is 0.0744. The first-order valence-corrected chi connectivity index (χ1v) is 8.81. The number of rotatable bonds is 2. The highest BCUT2D eigenvalue weighted by Gasteiger charge is 2.41. The number of fused-ring (bicyclic) bond motifs is 1. The molecule has 4 nitrogen and oxygen atoms in total. The standard InChI is InChI=1S/C14H19ClN2O2S/c1-10-4-2-6-13(14(10)15)20(18,19)17-7-3-5-11-8-16-9-12(11)17/h2,4,6,11-12,16H,3,5,7-9H2,1H3/t11-,12+/m0/s1. The van der Waals surface area contributed by atoms with Gasteiger partial charge in [-0.25, -0.2) is 8.42 Å². The van der Waals surface area contributed by atoms with Gasteiger partial charge in [-0.2, -0.15) is 4.31 Å². The van der Waals surface area contributed by atoms with E-state index in [0.29, 0.717) is 17.5 Å². The van der Waals surface area contributed by atoms with Crippen molar-refractivity contribution in [3.63, 3.8) is 0 Å². The van der Waals surface area contributed by atoms with Gasteiger partial charge >= 0.3 is 0 Å². The Morgan fingerprint density at radius 3 is 2.95 bits per heavy atom. The molecule has 20 heavy (non-hydrogen) atoms. The molecular formula is C14H19ClN2O2S. The van der Waals surface area contributed by atoms with Gasteiger partial charge in [-0.05, 0) is 43.9 Å². The monoisotopic (exact) mass is 314 g/mol. The zero-order valence-corrected chi connectivity index (χ0v) is 13.0. The van der Waals surface area contributed by atoms with Crippen LogP contribution in [0.3, 0.4) is 0 Å². The zero-order valence-electron chi connectivity index (χ0n) is 11.5. The fourth-order valence-corrected chi connectivity index (χ4v) is 5.55. The summed E-state index contributed by atoms with van der Waals surface area (Å²) in [5, 5.41) is 3.65. The van der Waals surface area contributed by atoms with Crippen molar-refractivity contribution in [1.82, 2.24) is 9.62 Å². The summed E-state index contributed by atoms with van der Waals surface area (Å²) < 4.78 is 27.5. The Kier molecular flexibility index (Phi) is 3.79. The molecule has 0 spiro atoms. The van der Waals surface area contributed by atoms with Crippen molar-refractivity contribution >= 4 is 21.6 Å². The Bertz CT molecular complexity index is 618. The molecule has 1 aromatic carbocycles. The number of nitrogens with one attached hydrogen (secondary N) is 1. The van der Waals surface area contributed by atoms with E-state index in [-0.39, 0.29) is 10.9 Å². The summed E-state index contributed by atoms with van der Waals surface area (Å²) in [6.45, 7) is 4.08. The number of aryl methyl sites for hydroxylation is 1. The fraction of sp³-hybridized carbons (Fsp3) is 0.571. The molecule has 2 aliphatic rings. The molecular weight excluding hydrogens is 296 g/mol. The number of benzene rings is 1. The molecule has 0 radical (unpaired) electrons. The van der Waals surface area contributed by atoms with Gasteiger partial charge in [0.2, 0.25) is 10.0 Å². The summed E-state index contributed by atoms with van der Waals surface area (Å²) in [7, 11) is -3.51. The van der Waals surface area contributed by atoms with E-state index in [0.717, 1.165) is 31.5 Å². The Labute approximate surface area is 125 Å². The van der Waals surface area contributed by atoms with Gasteiger partial charge in [0.15, 0.2) is 0 Å². The van der Waals surface area contributed by atoms with Crippen molar-refractivity contribution in [2.24, 2.45) is 5.92 Å². The number of piperidine rings is 1. The van der Waals surface area contributed by atoms with Crippen LogP contribution in [0.25, 0.3) is 0 Å². The molecule has 0 saturated carbocycles. The predicted molar refractivity (Wildman–Crippen MR) is 79.5 cm³/mol. The molecule has 1 aromatic rings. The van der Waals surface area contributed by atoms with Gasteiger partial charge in [0.25, 0.3) is 0 Å². The highest BCUT2D eigenvalue weighted by Crippen LogP contribution is 2.34. The molecule has 0 unspecified atom stereocenters. The molecule has 6 heteroatoms. The molecule has 2 atom stereocenters. The van der Waals surface area contributed by atoms with Crippen LogP contribution < -0.4 is 5.32 Å². The number of halogens is 1. The molecule has 0 bridgehead atoms. The topological polar surface area (TPSA) is 49.4 Å². The number of hydrogen-bond acceptors (Lipinski definition) is 3. The minimum Gasteiger partial charge on any atom is -0.315 e. The fourth-order valence-electron chi connectivity index (χ4n) is 3.27. The van der Waals surface area contributed by atoms with Crippen LogP contribution in [-0.4, -0.2) is 38.4 Å². The van der Waals surface area contributed by atoms with Crippen molar-refractivity contribution in [3.05, 3.63) is 28.8 Å². The summed E-state index contributed by atoms with van der Waals surface area (Å²) in [6.07, 6.45) is 2.02. The molecule has 0 aliphatic carbocycles. The van der Waals surface area contributed by atoms with Crippen molar-refractivity contribution in [2.75, 3.05) is 19.6 Å². The lowest BCUT2D eigenvalue weighted by atomic mass is 9.94. The second-order valence-corrected chi connectivity index (χ2v) is 7.87.